The molecule has 1 saturated heterocycles. The molecule has 1 fully saturated rings. The summed E-state index contributed by atoms with van der Waals surface area (Å²) in [5, 5.41) is 20.6. The van der Waals surface area contributed by atoms with Crippen molar-refractivity contribution in [1.29, 1.82) is 0 Å². The molecule has 0 aromatic carbocycles. The van der Waals surface area contributed by atoms with Gasteiger partial charge in [-0.3, -0.25) is 24.1 Å². The van der Waals surface area contributed by atoms with Crippen molar-refractivity contribution in [2.45, 2.75) is 46.7 Å². The van der Waals surface area contributed by atoms with E-state index in [1.807, 2.05) is 30.6 Å². The summed E-state index contributed by atoms with van der Waals surface area (Å²) in [6.45, 7) is 9.30. The number of carbonyl (C=O) groups excluding carboxylic acids is 1. The lowest BCUT2D eigenvalue weighted by Gasteiger charge is -2.30. The second kappa shape index (κ2) is 10.8. The minimum Gasteiger partial charge on any atom is -0.328 e. The Morgan fingerprint density at radius 3 is 2.92 bits per heavy atom. The van der Waals surface area contributed by atoms with Gasteiger partial charge in [0, 0.05) is 31.0 Å². The highest BCUT2D eigenvalue weighted by atomic mass is 32.1. The summed E-state index contributed by atoms with van der Waals surface area (Å²) in [7, 11) is 0. The number of fused-ring (bicyclic) bond motifs is 1. The number of imidazole rings is 1. The Balaban J connectivity index is 1.17. The van der Waals surface area contributed by atoms with E-state index in [1.54, 1.807) is 17.1 Å². The number of amides is 1. The number of hydrogen-bond acceptors (Lipinski definition) is 11. The minimum atomic E-state index is -0.218. The van der Waals surface area contributed by atoms with E-state index in [9.17, 15) is 4.79 Å². The first-order valence-corrected chi connectivity index (χ1v) is 14.4. The number of anilines is 3. The van der Waals surface area contributed by atoms with Crippen molar-refractivity contribution < 1.29 is 4.79 Å². The number of carbonyl (C=O) groups is 1. The Hall–Kier alpha value is -3.75. The zero-order valence-electron chi connectivity index (χ0n) is 22.0. The topological polar surface area (TPSA) is 131 Å². The Morgan fingerprint density at radius 1 is 1.21 bits per heavy atom. The van der Waals surface area contributed by atoms with E-state index in [0.717, 1.165) is 58.2 Å². The third-order valence-corrected chi connectivity index (χ3v) is 8.04. The highest BCUT2D eigenvalue weighted by molar-refractivity contribution is 7.15. The van der Waals surface area contributed by atoms with Crippen molar-refractivity contribution in [2.75, 3.05) is 23.7 Å². The normalized spacial score (nSPS) is 16.1. The number of piperidine rings is 1. The van der Waals surface area contributed by atoms with Crippen LogP contribution < -0.4 is 10.6 Å². The molecule has 1 aliphatic rings. The van der Waals surface area contributed by atoms with Crippen LogP contribution in [-0.4, -0.2) is 62.6 Å². The molecule has 202 valence electrons. The molecular weight excluding hydrogens is 534 g/mol. The van der Waals surface area contributed by atoms with Crippen LogP contribution in [0.25, 0.3) is 16.9 Å². The van der Waals surface area contributed by atoms with Gasteiger partial charge in [0.1, 0.15) is 16.6 Å². The lowest BCUT2D eigenvalue weighted by atomic mass is 10.0. The van der Waals surface area contributed by atoms with Crippen LogP contribution in [0.4, 0.5) is 16.0 Å². The monoisotopic (exact) mass is 563 g/mol. The average Bonchev–Trinajstić information content (AvgIpc) is 3.68. The maximum absolute atomic E-state index is 12.4. The molecular formula is C25H29N11OS2. The number of nitrogens with one attached hydrogen (secondary N) is 2. The van der Waals surface area contributed by atoms with E-state index in [4.69, 9.17) is 4.98 Å². The predicted octanol–water partition coefficient (Wildman–Crippen LogP) is 4.13. The quantitative estimate of drug-likeness (QED) is 0.286. The molecule has 0 saturated carbocycles. The van der Waals surface area contributed by atoms with Gasteiger partial charge >= 0.3 is 0 Å². The summed E-state index contributed by atoms with van der Waals surface area (Å²) in [5.41, 5.74) is 4.31. The number of aryl methyl sites for hydroxylation is 2. The van der Waals surface area contributed by atoms with Crippen LogP contribution in [0.1, 0.15) is 36.2 Å². The van der Waals surface area contributed by atoms with Gasteiger partial charge in [-0.05, 0) is 56.8 Å². The summed E-state index contributed by atoms with van der Waals surface area (Å²) in [4.78, 5) is 24.3. The molecule has 14 heteroatoms. The third-order valence-electron chi connectivity index (χ3n) is 6.55. The highest BCUT2D eigenvalue weighted by Crippen LogP contribution is 2.28. The van der Waals surface area contributed by atoms with E-state index in [-0.39, 0.29) is 12.5 Å². The molecule has 1 atom stereocenters. The summed E-state index contributed by atoms with van der Waals surface area (Å²) in [6.07, 6.45) is 9.85. The maximum atomic E-state index is 12.4. The molecule has 1 amide bonds. The van der Waals surface area contributed by atoms with Crippen LogP contribution >= 0.6 is 22.9 Å². The molecule has 12 nitrogen and oxygen atoms in total. The van der Waals surface area contributed by atoms with Gasteiger partial charge in [-0.15, -0.1) is 10.2 Å². The van der Waals surface area contributed by atoms with E-state index >= 15 is 0 Å². The minimum absolute atomic E-state index is 0.0623. The molecule has 0 aliphatic carbocycles. The first kappa shape index (κ1) is 25.5. The summed E-state index contributed by atoms with van der Waals surface area (Å²) < 4.78 is 8.26. The van der Waals surface area contributed by atoms with E-state index in [0.29, 0.717) is 16.6 Å². The molecule has 0 bridgehead atoms. The molecule has 1 unspecified atom stereocenters. The Labute approximate surface area is 233 Å². The van der Waals surface area contributed by atoms with Crippen LogP contribution in [0.15, 0.2) is 30.9 Å². The fourth-order valence-corrected chi connectivity index (χ4v) is 6.13. The molecule has 2 N–H and O–H groups in total. The summed E-state index contributed by atoms with van der Waals surface area (Å²) in [5.74, 6) is 1.19. The van der Waals surface area contributed by atoms with Crippen LogP contribution in [0.2, 0.25) is 0 Å². The standard InChI is InChI=1S/C25H29N11OS2/c1-15-5-4-6-34(10-15)13-19-7-22(39-33-19)30-23-24-26-9-20(36(24)11-16(2)28-23)18-8-27-35(12-18)14-21(37)29-25-32-31-17(3)38-25/h7-9,11-12,15H,4-6,10,13-14H2,1-3H3,(H,28,30)(H,29,32,37). The smallest absolute Gasteiger partial charge is 0.247 e. The highest BCUT2D eigenvalue weighted by Gasteiger charge is 2.19. The number of aromatic nitrogens is 8. The first-order chi connectivity index (χ1) is 18.9. The Kier molecular flexibility index (Phi) is 7.06. The average molecular weight is 564 g/mol. The van der Waals surface area contributed by atoms with Crippen molar-refractivity contribution in [3.8, 4) is 11.3 Å². The number of hydrogen-bond donors (Lipinski definition) is 2. The SMILES string of the molecule is Cc1cn2c(-c3cnn(CC(=O)Nc4nnc(C)s4)c3)cnc2c(Nc2cc(CN3CCCC(C)C3)ns2)n1. The molecule has 0 spiro atoms. The van der Waals surface area contributed by atoms with Gasteiger partial charge in [-0.25, -0.2) is 9.97 Å². The second-order valence-corrected chi connectivity index (χ2v) is 11.9. The lowest BCUT2D eigenvalue weighted by molar-refractivity contribution is -0.116. The zero-order valence-corrected chi connectivity index (χ0v) is 23.6. The fourth-order valence-electron chi connectivity index (χ4n) is 4.86. The van der Waals surface area contributed by atoms with Crippen molar-refractivity contribution in [3.63, 3.8) is 0 Å². The number of likely N-dealkylation sites (tertiary alicyclic amines) is 1. The van der Waals surface area contributed by atoms with Gasteiger partial charge in [0.05, 0.1) is 29.5 Å². The van der Waals surface area contributed by atoms with Gasteiger partial charge < -0.3 is 5.32 Å². The number of nitrogens with zero attached hydrogens (tertiary/aromatic N) is 9. The van der Waals surface area contributed by atoms with Crippen molar-refractivity contribution >= 4 is 50.4 Å². The van der Waals surface area contributed by atoms with Crippen LogP contribution in [0.5, 0.6) is 0 Å². The third kappa shape index (κ3) is 5.82. The van der Waals surface area contributed by atoms with Gasteiger partial charge in [0.15, 0.2) is 11.5 Å². The van der Waals surface area contributed by atoms with E-state index < -0.39 is 0 Å². The lowest BCUT2D eigenvalue weighted by Crippen LogP contribution is -2.33. The van der Waals surface area contributed by atoms with Gasteiger partial charge in [0.2, 0.25) is 11.0 Å². The molecule has 0 radical (unpaired) electrons. The van der Waals surface area contributed by atoms with Crippen LogP contribution in [-0.2, 0) is 17.9 Å². The molecule has 39 heavy (non-hydrogen) atoms. The Bertz CT molecular complexity index is 1620. The molecule has 5 aromatic heterocycles. The van der Waals surface area contributed by atoms with Gasteiger partial charge in [0.25, 0.3) is 0 Å². The zero-order chi connectivity index (χ0) is 26.9. The van der Waals surface area contributed by atoms with E-state index in [1.165, 1.54) is 35.7 Å². The first-order valence-electron chi connectivity index (χ1n) is 12.8. The van der Waals surface area contributed by atoms with Crippen LogP contribution in [0.3, 0.4) is 0 Å². The van der Waals surface area contributed by atoms with Gasteiger partial charge in [-0.1, -0.05) is 18.3 Å². The summed E-state index contributed by atoms with van der Waals surface area (Å²) in [6, 6.07) is 2.10. The predicted molar refractivity (Wildman–Crippen MR) is 151 cm³/mol. The maximum Gasteiger partial charge on any atom is 0.247 e. The van der Waals surface area contributed by atoms with Crippen molar-refractivity contribution in [2.24, 2.45) is 5.92 Å². The largest absolute Gasteiger partial charge is 0.328 e. The molecule has 6 heterocycles. The van der Waals surface area contributed by atoms with Crippen molar-refractivity contribution in [1.82, 2.24) is 43.6 Å². The molecule has 1 aliphatic heterocycles. The van der Waals surface area contributed by atoms with Crippen LogP contribution in [0, 0.1) is 19.8 Å². The van der Waals surface area contributed by atoms with Gasteiger partial charge in [-0.2, -0.15) is 9.47 Å². The van der Waals surface area contributed by atoms with E-state index in [2.05, 4.69) is 53.2 Å². The van der Waals surface area contributed by atoms with Crippen molar-refractivity contribution in [3.05, 3.63) is 47.2 Å². The molecule has 5 aromatic rings. The fraction of sp³-hybridized carbons (Fsp3) is 0.400. The second-order valence-electron chi connectivity index (χ2n) is 9.96. The Morgan fingerprint density at radius 2 is 2.10 bits per heavy atom. The number of rotatable bonds is 8. The summed E-state index contributed by atoms with van der Waals surface area (Å²) >= 11 is 2.77. The molecule has 6 rings (SSSR count).